The second-order valence-electron chi connectivity index (χ2n) is 5.24. The lowest BCUT2D eigenvalue weighted by Crippen LogP contribution is -2.28. The van der Waals surface area contributed by atoms with Crippen LogP contribution in [0.5, 0.6) is 0 Å². The van der Waals surface area contributed by atoms with Gasteiger partial charge in [0.25, 0.3) is 0 Å². The van der Waals surface area contributed by atoms with Crippen molar-refractivity contribution >= 4 is 5.82 Å². The lowest BCUT2D eigenvalue weighted by molar-refractivity contribution is -0.141. The molecule has 0 spiro atoms. The molecule has 2 rings (SSSR count). The molecule has 0 amide bonds. The molecular weight excluding hydrogens is 253 g/mol. The van der Waals surface area contributed by atoms with Crippen LogP contribution in [0.15, 0.2) is 18.2 Å². The third kappa shape index (κ3) is 3.85. The summed E-state index contributed by atoms with van der Waals surface area (Å²) in [4.78, 5) is 3.64. The molecule has 0 aliphatic heterocycles. The van der Waals surface area contributed by atoms with Crippen LogP contribution >= 0.6 is 0 Å². The zero-order chi connectivity index (χ0) is 13.9. The van der Waals surface area contributed by atoms with Gasteiger partial charge in [-0.15, -0.1) is 0 Å². The van der Waals surface area contributed by atoms with Gasteiger partial charge in [-0.1, -0.05) is 25.3 Å². The van der Waals surface area contributed by atoms with Crippen molar-refractivity contribution in [3.63, 3.8) is 0 Å². The molecule has 0 aromatic carbocycles. The molecule has 1 heterocycles. The van der Waals surface area contributed by atoms with Crippen molar-refractivity contribution in [1.82, 2.24) is 4.98 Å². The molecule has 1 aliphatic rings. The molecule has 106 valence electrons. The number of nitrogens with one attached hydrogen (secondary N) is 1. The first kappa shape index (κ1) is 14.2. The number of hydrogen-bond acceptors (Lipinski definition) is 2. The summed E-state index contributed by atoms with van der Waals surface area (Å²) >= 11 is 0. The van der Waals surface area contributed by atoms with Crippen molar-refractivity contribution in [3.05, 3.63) is 23.9 Å². The molecule has 1 aromatic heterocycles. The predicted octanol–water partition coefficient (Wildman–Crippen LogP) is 4.48. The zero-order valence-electron chi connectivity index (χ0n) is 11.0. The van der Waals surface area contributed by atoms with Crippen molar-refractivity contribution in [2.45, 2.75) is 51.2 Å². The van der Waals surface area contributed by atoms with Gasteiger partial charge in [-0.3, -0.25) is 0 Å². The maximum Gasteiger partial charge on any atom is 0.433 e. The van der Waals surface area contributed by atoms with Crippen LogP contribution in [-0.4, -0.2) is 11.0 Å². The minimum atomic E-state index is -4.38. The summed E-state index contributed by atoms with van der Waals surface area (Å²) in [6.45, 7) is 2.03. The average molecular weight is 272 g/mol. The smallest absolute Gasteiger partial charge is 0.367 e. The van der Waals surface area contributed by atoms with E-state index in [1.165, 1.54) is 25.3 Å². The van der Waals surface area contributed by atoms with E-state index >= 15 is 0 Å². The van der Waals surface area contributed by atoms with E-state index in [0.717, 1.165) is 18.9 Å². The minimum absolute atomic E-state index is 0.163. The molecule has 1 atom stereocenters. The highest BCUT2D eigenvalue weighted by Crippen LogP contribution is 2.30. The highest BCUT2D eigenvalue weighted by Gasteiger charge is 2.32. The molecule has 0 radical (unpaired) electrons. The van der Waals surface area contributed by atoms with Crippen LogP contribution in [0.1, 0.15) is 44.7 Å². The Morgan fingerprint density at radius 2 is 1.89 bits per heavy atom. The number of pyridine rings is 1. The summed E-state index contributed by atoms with van der Waals surface area (Å²) in [5.41, 5.74) is -0.839. The van der Waals surface area contributed by atoms with E-state index in [1.807, 2.05) is 6.92 Å². The quantitative estimate of drug-likeness (QED) is 0.877. The Morgan fingerprint density at radius 1 is 1.21 bits per heavy atom. The molecule has 1 unspecified atom stereocenters. The summed E-state index contributed by atoms with van der Waals surface area (Å²) in [7, 11) is 0. The first-order valence-electron chi connectivity index (χ1n) is 6.77. The van der Waals surface area contributed by atoms with Crippen LogP contribution < -0.4 is 5.32 Å². The molecule has 5 heteroatoms. The van der Waals surface area contributed by atoms with Gasteiger partial charge in [-0.25, -0.2) is 4.98 Å². The van der Waals surface area contributed by atoms with Crippen molar-refractivity contribution in [2.24, 2.45) is 5.92 Å². The third-order valence-corrected chi connectivity index (χ3v) is 3.77. The van der Waals surface area contributed by atoms with Crippen molar-refractivity contribution in [3.8, 4) is 0 Å². The Hall–Kier alpha value is -1.26. The van der Waals surface area contributed by atoms with Gasteiger partial charge in [-0.2, -0.15) is 13.2 Å². The van der Waals surface area contributed by atoms with Crippen LogP contribution in [0.3, 0.4) is 0 Å². The number of aromatic nitrogens is 1. The molecule has 1 N–H and O–H groups in total. The summed E-state index contributed by atoms with van der Waals surface area (Å²) in [5, 5.41) is 3.11. The van der Waals surface area contributed by atoms with Crippen LogP contribution in [0, 0.1) is 5.92 Å². The van der Waals surface area contributed by atoms with E-state index in [0.29, 0.717) is 11.7 Å². The summed E-state index contributed by atoms with van der Waals surface area (Å²) < 4.78 is 37.7. The predicted molar refractivity (Wildman–Crippen MR) is 68.9 cm³/mol. The van der Waals surface area contributed by atoms with Crippen molar-refractivity contribution in [2.75, 3.05) is 5.32 Å². The largest absolute Gasteiger partial charge is 0.433 e. The fraction of sp³-hybridized carbons (Fsp3) is 0.643. The molecule has 0 saturated heterocycles. The number of rotatable bonds is 3. The highest BCUT2D eigenvalue weighted by molar-refractivity contribution is 5.37. The van der Waals surface area contributed by atoms with Crippen LogP contribution in [0.4, 0.5) is 19.0 Å². The zero-order valence-corrected chi connectivity index (χ0v) is 11.0. The highest BCUT2D eigenvalue weighted by atomic mass is 19.4. The van der Waals surface area contributed by atoms with Crippen LogP contribution in [0.25, 0.3) is 0 Å². The summed E-state index contributed by atoms with van der Waals surface area (Å²) in [5.74, 6) is 0.845. The average Bonchev–Trinajstić information content (AvgIpc) is 2.39. The van der Waals surface area contributed by atoms with Crippen LogP contribution in [0.2, 0.25) is 0 Å². The van der Waals surface area contributed by atoms with E-state index in [2.05, 4.69) is 10.3 Å². The van der Waals surface area contributed by atoms with Gasteiger partial charge >= 0.3 is 6.18 Å². The number of nitrogens with zero attached hydrogens (tertiary/aromatic N) is 1. The van der Waals surface area contributed by atoms with Gasteiger partial charge in [0.15, 0.2) is 0 Å². The standard InChI is InChI=1S/C14H19F3N2/c1-10(11-6-3-2-4-7-11)18-13-9-5-8-12(19-13)14(15,16)17/h5,8-11H,2-4,6-7H2,1H3,(H,18,19). The van der Waals surface area contributed by atoms with E-state index in [9.17, 15) is 13.2 Å². The number of halogens is 3. The molecule has 2 nitrogen and oxygen atoms in total. The fourth-order valence-corrected chi connectivity index (χ4v) is 2.66. The Bertz CT molecular complexity index is 411. The first-order chi connectivity index (χ1) is 8.97. The fourth-order valence-electron chi connectivity index (χ4n) is 2.66. The summed E-state index contributed by atoms with van der Waals surface area (Å²) in [6.07, 6.45) is 1.61. The number of anilines is 1. The number of alkyl halides is 3. The third-order valence-electron chi connectivity index (χ3n) is 3.77. The Balaban J connectivity index is 2.02. The molecule has 1 aromatic rings. The summed E-state index contributed by atoms with van der Waals surface area (Å²) in [6, 6.07) is 4.15. The maximum absolute atomic E-state index is 12.6. The first-order valence-corrected chi connectivity index (χ1v) is 6.77. The molecule has 1 aliphatic carbocycles. The Kier molecular flexibility index (Phi) is 4.32. The topological polar surface area (TPSA) is 24.9 Å². The molecular formula is C14H19F3N2. The Morgan fingerprint density at radius 3 is 2.53 bits per heavy atom. The molecule has 19 heavy (non-hydrogen) atoms. The van der Waals surface area contributed by atoms with E-state index in [1.54, 1.807) is 6.07 Å². The molecule has 1 saturated carbocycles. The van der Waals surface area contributed by atoms with Gasteiger partial charge in [0.05, 0.1) is 0 Å². The van der Waals surface area contributed by atoms with E-state index in [-0.39, 0.29) is 6.04 Å². The second kappa shape index (κ2) is 5.80. The molecule has 0 bridgehead atoms. The minimum Gasteiger partial charge on any atom is -0.367 e. The molecule has 1 fully saturated rings. The van der Waals surface area contributed by atoms with Gasteiger partial charge in [0.2, 0.25) is 0 Å². The van der Waals surface area contributed by atoms with Gasteiger partial charge in [0.1, 0.15) is 11.5 Å². The van der Waals surface area contributed by atoms with Gasteiger partial charge in [-0.05, 0) is 37.8 Å². The second-order valence-corrected chi connectivity index (χ2v) is 5.24. The number of hydrogen-bond donors (Lipinski definition) is 1. The van der Waals surface area contributed by atoms with Crippen molar-refractivity contribution in [1.29, 1.82) is 0 Å². The van der Waals surface area contributed by atoms with Gasteiger partial charge in [0, 0.05) is 6.04 Å². The monoisotopic (exact) mass is 272 g/mol. The lowest BCUT2D eigenvalue weighted by Gasteiger charge is -2.28. The van der Waals surface area contributed by atoms with Gasteiger partial charge < -0.3 is 5.32 Å². The normalized spacial score (nSPS) is 19.2. The van der Waals surface area contributed by atoms with E-state index < -0.39 is 11.9 Å². The van der Waals surface area contributed by atoms with Crippen molar-refractivity contribution < 1.29 is 13.2 Å². The van der Waals surface area contributed by atoms with Crippen LogP contribution in [-0.2, 0) is 6.18 Å². The lowest BCUT2D eigenvalue weighted by atomic mass is 9.84. The Labute approximate surface area is 111 Å². The maximum atomic E-state index is 12.6. The SMILES string of the molecule is CC(Nc1cccc(C(F)(F)F)n1)C1CCCCC1. The van der Waals surface area contributed by atoms with E-state index in [4.69, 9.17) is 0 Å².